The minimum absolute atomic E-state index is 0.0477. The van der Waals surface area contributed by atoms with Gasteiger partial charge in [0, 0.05) is 5.41 Å². The van der Waals surface area contributed by atoms with Crippen LogP contribution in [0.5, 0.6) is 0 Å². The maximum Gasteiger partial charge on any atom is 0.243 e. The van der Waals surface area contributed by atoms with Crippen molar-refractivity contribution in [2.75, 3.05) is 6.54 Å². The average molecular weight is 349 g/mol. The maximum atomic E-state index is 13.1. The molecule has 0 aromatic rings. The zero-order chi connectivity index (χ0) is 18.2. The molecule has 25 heavy (non-hydrogen) atoms. The second kappa shape index (κ2) is 6.96. The number of nitrogens with two attached hydrogens (primary N) is 1. The van der Waals surface area contributed by atoms with E-state index in [9.17, 15) is 14.4 Å². The van der Waals surface area contributed by atoms with Crippen LogP contribution in [-0.2, 0) is 14.4 Å². The van der Waals surface area contributed by atoms with Gasteiger partial charge < -0.3 is 16.4 Å². The number of rotatable bonds is 7. The highest BCUT2D eigenvalue weighted by molar-refractivity contribution is 5.92. The fourth-order valence-electron chi connectivity index (χ4n) is 5.70. The molecule has 4 rings (SSSR count). The van der Waals surface area contributed by atoms with E-state index < -0.39 is 11.9 Å². The predicted octanol–water partition coefficient (Wildman–Crippen LogP) is 1.34. The van der Waals surface area contributed by atoms with Crippen molar-refractivity contribution in [2.24, 2.45) is 34.8 Å². The number of nitrogens with one attached hydrogen (secondary N) is 2. The lowest BCUT2D eigenvalue weighted by atomic mass is 9.49. The third-order valence-corrected chi connectivity index (χ3v) is 6.29. The molecule has 0 saturated heterocycles. The largest absolute Gasteiger partial charge is 0.368 e. The molecule has 0 aliphatic heterocycles. The van der Waals surface area contributed by atoms with Crippen molar-refractivity contribution in [2.45, 2.75) is 64.8 Å². The van der Waals surface area contributed by atoms with Gasteiger partial charge in [0.2, 0.25) is 17.7 Å². The monoisotopic (exact) mass is 349 g/mol. The first-order chi connectivity index (χ1) is 11.8. The molecule has 4 saturated carbocycles. The van der Waals surface area contributed by atoms with Crippen molar-refractivity contribution in [1.29, 1.82) is 0 Å². The molecule has 0 aromatic carbocycles. The van der Waals surface area contributed by atoms with Crippen LogP contribution in [0.2, 0.25) is 0 Å². The van der Waals surface area contributed by atoms with Gasteiger partial charge in [0.05, 0.1) is 6.54 Å². The summed E-state index contributed by atoms with van der Waals surface area (Å²) in [6.45, 7) is 3.84. The van der Waals surface area contributed by atoms with Crippen LogP contribution in [0.15, 0.2) is 0 Å². The molecular formula is C19H31N3O3. The van der Waals surface area contributed by atoms with Gasteiger partial charge in [-0.3, -0.25) is 14.4 Å². The van der Waals surface area contributed by atoms with Crippen molar-refractivity contribution < 1.29 is 14.4 Å². The Kier molecular flexibility index (Phi) is 5.07. The second-order valence-electron chi connectivity index (χ2n) is 9.04. The summed E-state index contributed by atoms with van der Waals surface area (Å²) in [6, 6.07) is -0.597. The highest BCUT2D eigenvalue weighted by Gasteiger charge is 2.54. The Bertz CT molecular complexity index is 523. The van der Waals surface area contributed by atoms with Crippen molar-refractivity contribution >= 4 is 17.7 Å². The fraction of sp³-hybridized carbons (Fsp3) is 0.842. The lowest BCUT2D eigenvalue weighted by Crippen LogP contribution is -2.57. The van der Waals surface area contributed by atoms with E-state index in [0.717, 1.165) is 19.3 Å². The van der Waals surface area contributed by atoms with E-state index in [0.29, 0.717) is 24.2 Å². The topological polar surface area (TPSA) is 101 Å². The molecule has 1 atom stereocenters. The van der Waals surface area contributed by atoms with Crippen LogP contribution in [0.4, 0.5) is 0 Å². The quantitative estimate of drug-likeness (QED) is 0.646. The summed E-state index contributed by atoms with van der Waals surface area (Å²) in [5.41, 5.74) is 4.83. The summed E-state index contributed by atoms with van der Waals surface area (Å²) in [7, 11) is 0. The fourth-order valence-corrected chi connectivity index (χ4v) is 5.70. The van der Waals surface area contributed by atoms with Gasteiger partial charge in [0.25, 0.3) is 0 Å². The van der Waals surface area contributed by atoms with Crippen molar-refractivity contribution in [3.8, 4) is 0 Å². The zero-order valence-electron chi connectivity index (χ0n) is 15.3. The van der Waals surface area contributed by atoms with E-state index in [4.69, 9.17) is 5.73 Å². The van der Waals surface area contributed by atoms with Crippen LogP contribution in [0.3, 0.4) is 0 Å². The molecular weight excluding hydrogens is 318 g/mol. The van der Waals surface area contributed by atoms with Crippen LogP contribution in [0.25, 0.3) is 0 Å². The minimum Gasteiger partial charge on any atom is -0.368 e. The molecule has 6 nitrogen and oxygen atoms in total. The smallest absolute Gasteiger partial charge is 0.243 e. The summed E-state index contributed by atoms with van der Waals surface area (Å²) < 4.78 is 0. The first kappa shape index (κ1) is 18.2. The van der Waals surface area contributed by atoms with Gasteiger partial charge in [-0.15, -0.1) is 0 Å². The first-order valence-electron chi connectivity index (χ1n) is 9.64. The summed E-state index contributed by atoms with van der Waals surface area (Å²) in [4.78, 5) is 36.5. The minimum atomic E-state index is -0.597. The van der Waals surface area contributed by atoms with E-state index in [1.807, 2.05) is 13.8 Å². The van der Waals surface area contributed by atoms with Crippen LogP contribution >= 0.6 is 0 Å². The Hall–Kier alpha value is -1.59. The molecule has 4 fully saturated rings. The molecule has 0 radical (unpaired) electrons. The maximum absolute atomic E-state index is 13.1. The molecule has 0 spiro atoms. The van der Waals surface area contributed by atoms with Gasteiger partial charge in [-0.1, -0.05) is 13.8 Å². The normalized spacial score (nSPS) is 34.0. The van der Waals surface area contributed by atoms with Crippen molar-refractivity contribution in [1.82, 2.24) is 10.6 Å². The highest BCUT2D eigenvalue weighted by Crippen LogP contribution is 2.60. The first-order valence-corrected chi connectivity index (χ1v) is 9.64. The van der Waals surface area contributed by atoms with Gasteiger partial charge in [-0.2, -0.15) is 0 Å². The van der Waals surface area contributed by atoms with Crippen molar-refractivity contribution in [3.63, 3.8) is 0 Å². The van der Waals surface area contributed by atoms with Gasteiger partial charge in [-0.05, 0) is 68.6 Å². The number of hydrogen-bond acceptors (Lipinski definition) is 3. The Morgan fingerprint density at radius 2 is 1.56 bits per heavy atom. The Labute approximate surface area is 149 Å². The number of amides is 3. The lowest BCUT2D eigenvalue weighted by Gasteiger charge is -2.55. The number of carbonyl (C=O) groups excluding carboxylic acids is 3. The molecule has 6 heteroatoms. The van der Waals surface area contributed by atoms with E-state index in [1.165, 1.54) is 19.3 Å². The third kappa shape index (κ3) is 3.98. The van der Waals surface area contributed by atoms with Gasteiger partial charge in [-0.25, -0.2) is 0 Å². The molecule has 4 aliphatic carbocycles. The van der Waals surface area contributed by atoms with Crippen LogP contribution < -0.4 is 16.4 Å². The molecule has 140 valence electrons. The van der Waals surface area contributed by atoms with Gasteiger partial charge in [0.1, 0.15) is 6.04 Å². The number of carbonyl (C=O) groups is 3. The summed E-state index contributed by atoms with van der Waals surface area (Å²) in [5.74, 6) is 1.47. The standard InChI is InChI=1S/C19H31N3O3/c1-11(2)3-15(17(24)21-10-16(20)23)22-18(25)19-7-12-4-13(8-19)6-14(5-12)9-19/h11-15H,3-10H2,1-2H3,(H2,20,23)(H,21,24)(H,22,25)/t12?,13?,14?,15-,19?/m0/s1. The van der Waals surface area contributed by atoms with Crippen LogP contribution in [0, 0.1) is 29.1 Å². The average Bonchev–Trinajstić information content (AvgIpc) is 2.50. The van der Waals surface area contributed by atoms with E-state index in [-0.39, 0.29) is 29.7 Å². The third-order valence-electron chi connectivity index (χ3n) is 6.29. The molecule has 4 bridgehead atoms. The number of primary amides is 1. The van der Waals surface area contributed by atoms with Gasteiger partial charge in [0.15, 0.2) is 0 Å². The molecule has 3 amide bonds. The Morgan fingerprint density at radius 1 is 1.04 bits per heavy atom. The summed E-state index contributed by atoms with van der Waals surface area (Å²) in [5, 5.41) is 5.56. The molecule has 4 aliphatic rings. The second-order valence-corrected chi connectivity index (χ2v) is 9.04. The molecule has 0 aromatic heterocycles. The van der Waals surface area contributed by atoms with E-state index >= 15 is 0 Å². The van der Waals surface area contributed by atoms with Crippen LogP contribution in [0.1, 0.15) is 58.8 Å². The molecule has 4 N–H and O–H groups in total. The summed E-state index contributed by atoms with van der Waals surface area (Å²) >= 11 is 0. The lowest BCUT2D eigenvalue weighted by molar-refractivity contribution is -0.148. The van der Waals surface area contributed by atoms with Crippen molar-refractivity contribution in [3.05, 3.63) is 0 Å². The zero-order valence-corrected chi connectivity index (χ0v) is 15.3. The Balaban J connectivity index is 1.67. The van der Waals surface area contributed by atoms with Crippen LogP contribution in [-0.4, -0.2) is 30.3 Å². The van der Waals surface area contributed by atoms with Gasteiger partial charge >= 0.3 is 0 Å². The predicted molar refractivity (Wildman–Crippen MR) is 94.2 cm³/mol. The summed E-state index contributed by atoms with van der Waals surface area (Å²) in [6.07, 6.45) is 7.32. The highest BCUT2D eigenvalue weighted by atomic mass is 16.2. The van der Waals surface area contributed by atoms with E-state index in [1.54, 1.807) is 0 Å². The molecule has 0 unspecified atom stereocenters. The Morgan fingerprint density at radius 3 is 2.00 bits per heavy atom. The number of hydrogen-bond donors (Lipinski definition) is 3. The molecule has 0 heterocycles. The SMILES string of the molecule is CC(C)C[C@H](NC(=O)C12CC3CC(CC(C3)C1)C2)C(=O)NCC(N)=O. The van der Waals surface area contributed by atoms with E-state index in [2.05, 4.69) is 10.6 Å².